The van der Waals surface area contributed by atoms with Crippen molar-refractivity contribution in [2.45, 2.75) is 37.8 Å². The number of aliphatic carboxylic acids is 1. The quantitative estimate of drug-likeness (QED) is 0.873. The molecule has 1 saturated carbocycles. The molecule has 0 atom stereocenters. The molecule has 2 N–H and O–H groups in total. The lowest BCUT2D eigenvalue weighted by Gasteiger charge is -2.25. The van der Waals surface area contributed by atoms with E-state index in [0.717, 1.165) is 17.5 Å². The second-order valence-corrected chi connectivity index (χ2v) is 5.84. The Morgan fingerprint density at radius 3 is 2.65 bits per heavy atom. The fourth-order valence-electron chi connectivity index (χ4n) is 3.05. The number of carboxylic acids is 1. The molecule has 0 aliphatic heterocycles. The van der Waals surface area contributed by atoms with Crippen molar-refractivity contribution in [1.29, 1.82) is 0 Å². The molecule has 1 aromatic heterocycles. The smallest absolute Gasteiger partial charge is 0.329 e. The number of hydrogen-bond acceptors (Lipinski definition) is 4. The zero-order valence-electron chi connectivity index (χ0n) is 12.5. The van der Waals surface area contributed by atoms with Crippen molar-refractivity contribution in [3.8, 4) is 0 Å². The molecular weight excluding hydrogens is 298 g/mol. The molecule has 7 nitrogen and oxygen atoms in total. The molecule has 7 heteroatoms. The molecule has 23 heavy (non-hydrogen) atoms. The molecular formula is C16H17N3O4. The zero-order valence-corrected chi connectivity index (χ0v) is 12.5. The molecule has 3 rings (SSSR count). The lowest BCUT2D eigenvalue weighted by molar-refractivity contribution is -0.147. The number of carbonyl (C=O) groups is 2. The van der Waals surface area contributed by atoms with E-state index in [0.29, 0.717) is 23.6 Å². The van der Waals surface area contributed by atoms with Gasteiger partial charge >= 0.3 is 5.97 Å². The molecule has 0 bridgehead atoms. The molecule has 2 aromatic rings. The van der Waals surface area contributed by atoms with E-state index in [4.69, 9.17) is 0 Å². The van der Waals surface area contributed by atoms with Crippen LogP contribution in [0.3, 0.4) is 0 Å². The third-order valence-corrected chi connectivity index (χ3v) is 4.30. The maximum atomic E-state index is 12.3. The Bertz CT molecular complexity index is 821. The van der Waals surface area contributed by atoms with Crippen molar-refractivity contribution in [2.24, 2.45) is 0 Å². The Kier molecular flexibility index (Phi) is 3.85. The highest BCUT2D eigenvalue weighted by atomic mass is 16.4. The van der Waals surface area contributed by atoms with E-state index in [-0.39, 0.29) is 12.1 Å². The summed E-state index contributed by atoms with van der Waals surface area (Å²) in [6, 6.07) is 6.98. The predicted octanol–water partition coefficient (Wildman–Crippen LogP) is 0.910. The van der Waals surface area contributed by atoms with Gasteiger partial charge in [-0.3, -0.25) is 9.59 Å². The van der Waals surface area contributed by atoms with Crippen LogP contribution in [0.25, 0.3) is 10.8 Å². The van der Waals surface area contributed by atoms with E-state index >= 15 is 0 Å². The Labute approximate surface area is 131 Å². The van der Waals surface area contributed by atoms with Crippen LogP contribution in [0, 0.1) is 0 Å². The Balaban J connectivity index is 1.82. The summed E-state index contributed by atoms with van der Waals surface area (Å²) >= 11 is 0. The van der Waals surface area contributed by atoms with Gasteiger partial charge < -0.3 is 10.4 Å². The van der Waals surface area contributed by atoms with E-state index in [2.05, 4.69) is 10.4 Å². The van der Waals surface area contributed by atoms with Gasteiger partial charge in [0.2, 0.25) is 5.91 Å². The van der Waals surface area contributed by atoms with Crippen LogP contribution in [0.1, 0.15) is 25.7 Å². The van der Waals surface area contributed by atoms with Gasteiger partial charge in [0.15, 0.2) is 0 Å². The summed E-state index contributed by atoms with van der Waals surface area (Å²) in [6.45, 7) is -0.293. The zero-order chi connectivity index (χ0) is 16.4. The van der Waals surface area contributed by atoms with Crippen LogP contribution >= 0.6 is 0 Å². The van der Waals surface area contributed by atoms with Gasteiger partial charge in [-0.05, 0) is 18.9 Å². The normalized spacial score (nSPS) is 16.3. The minimum absolute atomic E-state index is 0.293. The highest BCUT2D eigenvalue weighted by Crippen LogP contribution is 2.29. The largest absolute Gasteiger partial charge is 0.480 e. The highest BCUT2D eigenvalue weighted by Gasteiger charge is 2.42. The first-order chi connectivity index (χ1) is 11.0. The second kappa shape index (κ2) is 5.83. The molecule has 1 amide bonds. The SMILES string of the molecule is O=C(Cn1ncc2ccccc2c1=O)NC1(C(=O)O)CCCC1. The number of nitrogens with zero attached hydrogens (tertiary/aromatic N) is 2. The van der Waals surface area contributed by atoms with Crippen molar-refractivity contribution >= 4 is 22.6 Å². The average molecular weight is 315 g/mol. The van der Waals surface area contributed by atoms with Crippen molar-refractivity contribution in [1.82, 2.24) is 15.1 Å². The monoisotopic (exact) mass is 315 g/mol. The van der Waals surface area contributed by atoms with Crippen LogP contribution in [0.2, 0.25) is 0 Å². The predicted molar refractivity (Wildman–Crippen MR) is 83.0 cm³/mol. The minimum atomic E-state index is -1.21. The summed E-state index contributed by atoms with van der Waals surface area (Å²) in [5.74, 6) is -1.54. The van der Waals surface area contributed by atoms with Gasteiger partial charge in [-0.2, -0.15) is 5.10 Å². The molecule has 1 aromatic carbocycles. The molecule has 0 spiro atoms. The Hall–Kier alpha value is -2.70. The first-order valence-electron chi connectivity index (χ1n) is 7.51. The minimum Gasteiger partial charge on any atom is -0.480 e. The van der Waals surface area contributed by atoms with E-state index in [9.17, 15) is 19.5 Å². The van der Waals surface area contributed by atoms with Gasteiger partial charge in [-0.1, -0.05) is 31.0 Å². The highest BCUT2D eigenvalue weighted by molar-refractivity contribution is 5.87. The molecule has 1 heterocycles. The first-order valence-corrected chi connectivity index (χ1v) is 7.51. The van der Waals surface area contributed by atoms with Crippen LogP contribution in [-0.4, -0.2) is 32.3 Å². The topological polar surface area (TPSA) is 101 Å². The molecule has 0 saturated heterocycles. The number of rotatable bonds is 4. The van der Waals surface area contributed by atoms with Gasteiger partial charge in [-0.15, -0.1) is 0 Å². The van der Waals surface area contributed by atoms with Gasteiger partial charge in [0.25, 0.3) is 5.56 Å². The summed E-state index contributed by atoms with van der Waals surface area (Å²) in [5.41, 5.74) is -1.58. The third kappa shape index (κ3) is 2.81. The molecule has 1 fully saturated rings. The van der Waals surface area contributed by atoms with Crippen LogP contribution < -0.4 is 10.9 Å². The van der Waals surface area contributed by atoms with Crippen molar-refractivity contribution in [3.05, 3.63) is 40.8 Å². The van der Waals surface area contributed by atoms with Gasteiger partial charge in [0, 0.05) is 5.39 Å². The summed E-state index contributed by atoms with van der Waals surface area (Å²) < 4.78 is 1.06. The number of fused-ring (bicyclic) bond motifs is 1. The van der Waals surface area contributed by atoms with Crippen LogP contribution in [0.5, 0.6) is 0 Å². The van der Waals surface area contributed by atoms with Gasteiger partial charge in [-0.25, -0.2) is 9.48 Å². The molecule has 0 unspecified atom stereocenters. The molecule has 1 aliphatic rings. The fourth-order valence-corrected chi connectivity index (χ4v) is 3.05. The second-order valence-electron chi connectivity index (χ2n) is 5.84. The van der Waals surface area contributed by atoms with Gasteiger partial charge in [0.05, 0.1) is 11.6 Å². The molecule has 1 aliphatic carbocycles. The standard InChI is InChI=1S/C16H17N3O4/c20-13(18-16(15(22)23)7-3-4-8-16)10-19-14(21)12-6-2-1-5-11(12)9-17-19/h1-2,5-6,9H,3-4,7-8,10H2,(H,18,20)(H,22,23). The van der Waals surface area contributed by atoms with Crippen LogP contribution in [0.15, 0.2) is 35.3 Å². The van der Waals surface area contributed by atoms with E-state index in [1.165, 1.54) is 6.20 Å². The average Bonchev–Trinajstić information content (AvgIpc) is 3.00. The summed E-state index contributed by atoms with van der Waals surface area (Å²) in [6.07, 6.45) is 3.87. The van der Waals surface area contributed by atoms with Crippen molar-refractivity contribution < 1.29 is 14.7 Å². The van der Waals surface area contributed by atoms with Gasteiger partial charge in [0.1, 0.15) is 12.1 Å². The number of hydrogen-bond donors (Lipinski definition) is 2. The number of nitrogens with one attached hydrogen (secondary N) is 1. The summed E-state index contributed by atoms with van der Waals surface area (Å²) in [5, 5.41) is 17.1. The number of aromatic nitrogens is 2. The number of carbonyl (C=O) groups excluding carboxylic acids is 1. The Morgan fingerprint density at radius 2 is 1.96 bits per heavy atom. The first kappa shape index (κ1) is 15.2. The summed E-state index contributed by atoms with van der Waals surface area (Å²) in [7, 11) is 0. The van der Waals surface area contributed by atoms with Crippen molar-refractivity contribution in [2.75, 3.05) is 0 Å². The Morgan fingerprint density at radius 1 is 1.26 bits per heavy atom. The number of benzene rings is 1. The lowest BCUT2D eigenvalue weighted by atomic mass is 9.98. The number of carboxylic acid groups (broad SMARTS) is 1. The third-order valence-electron chi connectivity index (χ3n) is 4.30. The summed E-state index contributed by atoms with van der Waals surface area (Å²) in [4.78, 5) is 36.0. The van der Waals surface area contributed by atoms with E-state index in [1.807, 2.05) is 0 Å². The van der Waals surface area contributed by atoms with Crippen molar-refractivity contribution in [3.63, 3.8) is 0 Å². The van der Waals surface area contributed by atoms with Crippen LogP contribution in [0.4, 0.5) is 0 Å². The maximum Gasteiger partial charge on any atom is 0.329 e. The van der Waals surface area contributed by atoms with E-state index < -0.39 is 17.4 Å². The maximum absolute atomic E-state index is 12.3. The van der Waals surface area contributed by atoms with E-state index in [1.54, 1.807) is 24.3 Å². The fraction of sp³-hybridized carbons (Fsp3) is 0.375. The molecule has 120 valence electrons. The van der Waals surface area contributed by atoms with Crippen LogP contribution in [-0.2, 0) is 16.1 Å². The molecule has 0 radical (unpaired) electrons. The lowest BCUT2D eigenvalue weighted by Crippen LogP contribution is -2.53. The number of amides is 1.